The molecule has 6 N–H and O–H groups in total. The van der Waals surface area contributed by atoms with Crippen LogP contribution in [0.3, 0.4) is 0 Å². The highest BCUT2D eigenvalue weighted by molar-refractivity contribution is 5.81. The van der Waals surface area contributed by atoms with E-state index < -0.39 is 17.3 Å². The number of halogens is 3. The van der Waals surface area contributed by atoms with Gasteiger partial charge < -0.3 is 15.6 Å². The van der Waals surface area contributed by atoms with Crippen molar-refractivity contribution in [3.05, 3.63) is 51.6 Å². The van der Waals surface area contributed by atoms with Crippen molar-refractivity contribution in [2.75, 3.05) is 0 Å². The molecule has 0 saturated carbocycles. The van der Waals surface area contributed by atoms with Crippen molar-refractivity contribution < 1.29 is 23.0 Å². The van der Waals surface area contributed by atoms with Gasteiger partial charge in [-0.3, -0.25) is 5.43 Å². The largest absolute Gasteiger partial charge is 0.507 e. The predicted molar refractivity (Wildman–Crippen MR) is 109 cm³/mol. The molecule has 162 valence electrons. The standard InChI is InChI=1S/C21H25F3N4O2/c1-10-11(2)18-13(12(3)17(10)29)8-9-20(4,30-18)14-6-5-7-15(27-19(25)28-26)16(14)21(22,23)24/h5-7,29H,8-9,26H2,1-4H3,(H3,25,27,28). The van der Waals surface area contributed by atoms with Crippen molar-refractivity contribution in [3.8, 4) is 11.5 Å². The first-order valence-electron chi connectivity index (χ1n) is 9.42. The highest BCUT2D eigenvalue weighted by atomic mass is 19.4. The Balaban J connectivity index is 2.21. The number of aliphatic imine (C=N–C) groups is 1. The van der Waals surface area contributed by atoms with Crippen LogP contribution in [0.4, 0.5) is 18.9 Å². The lowest BCUT2D eigenvalue weighted by molar-refractivity contribution is -0.139. The Morgan fingerprint density at radius 2 is 1.87 bits per heavy atom. The number of nitrogens with zero attached hydrogens (tertiary/aromatic N) is 1. The number of benzene rings is 2. The van der Waals surface area contributed by atoms with Crippen LogP contribution in [-0.4, -0.2) is 11.1 Å². The van der Waals surface area contributed by atoms with Gasteiger partial charge in [0.2, 0.25) is 5.96 Å². The van der Waals surface area contributed by atoms with E-state index in [-0.39, 0.29) is 23.0 Å². The lowest BCUT2D eigenvalue weighted by Gasteiger charge is -2.39. The number of hydrogen-bond donors (Lipinski definition) is 4. The molecular weight excluding hydrogens is 397 g/mol. The zero-order valence-electron chi connectivity index (χ0n) is 17.2. The highest BCUT2D eigenvalue weighted by Gasteiger charge is 2.45. The summed E-state index contributed by atoms with van der Waals surface area (Å²) in [5, 5.41) is 10.3. The minimum absolute atomic E-state index is 0.0329. The monoisotopic (exact) mass is 422 g/mol. The van der Waals surface area contributed by atoms with Gasteiger partial charge in [0.15, 0.2) is 0 Å². The lowest BCUT2D eigenvalue weighted by atomic mass is 9.81. The van der Waals surface area contributed by atoms with Crippen LogP contribution in [0.1, 0.15) is 46.7 Å². The first-order chi connectivity index (χ1) is 13.9. The summed E-state index contributed by atoms with van der Waals surface area (Å²) in [4.78, 5) is 3.78. The van der Waals surface area contributed by atoms with E-state index in [1.54, 1.807) is 27.7 Å². The third kappa shape index (κ3) is 3.54. The van der Waals surface area contributed by atoms with Crippen LogP contribution in [0.5, 0.6) is 11.5 Å². The van der Waals surface area contributed by atoms with E-state index in [1.165, 1.54) is 18.2 Å². The number of ether oxygens (including phenoxy) is 1. The number of aromatic hydroxyl groups is 1. The Morgan fingerprint density at radius 3 is 2.47 bits per heavy atom. The van der Waals surface area contributed by atoms with Crippen LogP contribution in [0.2, 0.25) is 0 Å². The minimum Gasteiger partial charge on any atom is -0.507 e. The molecule has 3 rings (SSSR count). The number of phenolic OH excluding ortho intramolecular Hbond substituents is 1. The van der Waals surface area contributed by atoms with Crippen molar-refractivity contribution in [2.45, 2.75) is 52.3 Å². The summed E-state index contributed by atoms with van der Waals surface area (Å²) < 4.78 is 48.5. The molecule has 1 aliphatic heterocycles. The third-order valence-corrected chi connectivity index (χ3v) is 5.80. The first-order valence-corrected chi connectivity index (χ1v) is 9.42. The number of hydrogen-bond acceptors (Lipinski definition) is 4. The second-order valence-corrected chi connectivity index (χ2v) is 7.70. The van der Waals surface area contributed by atoms with Crippen LogP contribution in [-0.2, 0) is 18.2 Å². The topological polar surface area (TPSA) is 106 Å². The number of rotatable bonds is 2. The van der Waals surface area contributed by atoms with Crippen molar-refractivity contribution in [3.63, 3.8) is 0 Å². The maximum absolute atomic E-state index is 14.1. The highest BCUT2D eigenvalue weighted by Crippen LogP contribution is 2.50. The Hall–Kier alpha value is -2.94. The smallest absolute Gasteiger partial charge is 0.418 e. The molecule has 30 heavy (non-hydrogen) atoms. The molecule has 1 unspecified atom stereocenters. The summed E-state index contributed by atoms with van der Waals surface area (Å²) in [7, 11) is 0. The van der Waals surface area contributed by atoms with E-state index in [0.29, 0.717) is 35.3 Å². The van der Waals surface area contributed by atoms with Gasteiger partial charge in [-0.25, -0.2) is 10.8 Å². The molecule has 0 bridgehead atoms. The summed E-state index contributed by atoms with van der Waals surface area (Å²) in [6, 6.07) is 4.11. The molecule has 0 aliphatic carbocycles. The molecule has 2 aromatic carbocycles. The predicted octanol–water partition coefficient (Wildman–Crippen LogP) is 3.99. The zero-order chi connectivity index (χ0) is 22.4. The van der Waals surface area contributed by atoms with E-state index in [0.717, 1.165) is 5.56 Å². The summed E-state index contributed by atoms with van der Waals surface area (Å²) in [6.45, 7) is 6.96. The van der Waals surface area contributed by atoms with Crippen molar-refractivity contribution in [1.29, 1.82) is 0 Å². The Morgan fingerprint density at radius 1 is 1.20 bits per heavy atom. The molecule has 0 fully saturated rings. The van der Waals surface area contributed by atoms with Crippen LogP contribution in [0.15, 0.2) is 23.2 Å². The fourth-order valence-corrected chi connectivity index (χ4v) is 3.97. The maximum Gasteiger partial charge on any atom is 0.418 e. The number of hydrazine groups is 1. The van der Waals surface area contributed by atoms with Gasteiger partial charge in [0.25, 0.3) is 0 Å². The lowest BCUT2D eigenvalue weighted by Crippen LogP contribution is -2.37. The van der Waals surface area contributed by atoms with E-state index in [9.17, 15) is 18.3 Å². The Bertz CT molecular complexity index is 1030. The second-order valence-electron chi connectivity index (χ2n) is 7.70. The number of phenols is 1. The molecule has 0 amide bonds. The number of alkyl halides is 3. The fourth-order valence-electron chi connectivity index (χ4n) is 3.97. The number of nitrogens with two attached hydrogens (primary N) is 2. The molecule has 0 radical (unpaired) electrons. The Labute approximate surface area is 172 Å². The zero-order valence-corrected chi connectivity index (χ0v) is 17.2. The van der Waals surface area contributed by atoms with Gasteiger partial charge >= 0.3 is 6.18 Å². The van der Waals surface area contributed by atoms with Gasteiger partial charge in [0, 0.05) is 11.1 Å². The van der Waals surface area contributed by atoms with Crippen LogP contribution >= 0.6 is 0 Å². The van der Waals surface area contributed by atoms with Gasteiger partial charge in [-0.15, -0.1) is 0 Å². The van der Waals surface area contributed by atoms with Crippen molar-refractivity contribution in [2.24, 2.45) is 16.6 Å². The van der Waals surface area contributed by atoms with E-state index in [4.69, 9.17) is 16.3 Å². The van der Waals surface area contributed by atoms with E-state index in [1.807, 2.05) is 5.43 Å². The van der Waals surface area contributed by atoms with Gasteiger partial charge in [-0.2, -0.15) is 13.2 Å². The molecule has 9 heteroatoms. The minimum atomic E-state index is -4.69. The molecule has 1 atom stereocenters. The maximum atomic E-state index is 14.1. The Kier molecular flexibility index (Phi) is 5.36. The first kappa shape index (κ1) is 21.8. The normalized spacial score (nSPS) is 19.3. The quantitative estimate of drug-likeness (QED) is 0.254. The average molecular weight is 422 g/mol. The van der Waals surface area contributed by atoms with Crippen molar-refractivity contribution in [1.82, 2.24) is 5.43 Å². The summed E-state index contributed by atoms with van der Waals surface area (Å²) in [5.74, 6) is 5.53. The molecule has 0 spiro atoms. The summed E-state index contributed by atoms with van der Waals surface area (Å²) in [6.07, 6.45) is -3.93. The molecule has 0 aromatic heterocycles. The molecular formula is C21H25F3N4O2. The molecule has 2 aromatic rings. The molecule has 1 aliphatic rings. The summed E-state index contributed by atoms with van der Waals surface area (Å²) in [5.41, 5.74) is 7.84. The SMILES string of the molecule is Cc1c(C)c2c(c(C)c1O)CCC(C)(c1cccc(N=C(N)NN)c1C(F)(F)F)O2. The van der Waals surface area contributed by atoms with Crippen LogP contribution in [0, 0.1) is 20.8 Å². The number of nitrogens with one attached hydrogen (secondary N) is 1. The van der Waals surface area contributed by atoms with Gasteiger partial charge in [0.05, 0.1) is 11.3 Å². The number of fused-ring (bicyclic) bond motifs is 1. The second kappa shape index (κ2) is 7.39. The van der Waals surface area contributed by atoms with Crippen LogP contribution < -0.4 is 21.7 Å². The molecule has 0 saturated heterocycles. The van der Waals surface area contributed by atoms with E-state index in [2.05, 4.69) is 4.99 Å². The number of guanidine groups is 1. The van der Waals surface area contributed by atoms with Crippen LogP contribution in [0.25, 0.3) is 0 Å². The van der Waals surface area contributed by atoms with Gasteiger partial charge in [0.1, 0.15) is 17.1 Å². The van der Waals surface area contributed by atoms with Gasteiger partial charge in [-0.1, -0.05) is 12.1 Å². The van der Waals surface area contributed by atoms with Gasteiger partial charge in [-0.05, 0) is 63.3 Å². The fraction of sp³-hybridized carbons (Fsp3) is 0.381. The average Bonchev–Trinajstić information content (AvgIpc) is 2.69. The molecule has 1 heterocycles. The van der Waals surface area contributed by atoms with Crippen molar-refractivity contribution >= 4 is 11.6 Å². The van der Waals surface area contributed by atoms with E-state index >= 15 is 0 Å². The molecule has 6 nitrogen and oxygen atoms in total. The third-order valence-electron chi connectivity index (χ3n) is 5.80. The summed E-state index contributed by atoms with van der Waals surface area (Å²) >= 11 is 0.